The minimum atomic E-state index is -0.987. The number of benzene rings is 1. The highest BCUT2D eigenvalue weighted by Crippen LogP contribution is 2.32. The molecule has 16 heavy (non-hydrogen) atoms. The van der Waals surface area contributed by atoms with Crippen LogP contribution in [0.3, 0.4) is 0 Å². The maximum Gasteiger partial charge on any atom is 0.327 e. The third-order valence-electron chi connectivity index (χ3n) is 1.81. The van der Waals surface area contributed by atoms with Crippen molar-refractivity contribution in [3.63, 3.8) is 0 Å². The van der Waals surface area contributed by atoms with E-state index in [4.69, 9.17) is 40.5 Å². The Balaban J connectivity index is 0.00000225. The zero-order valence-electron chi connectivity index (χ0n) is 8.17. The van der Waals surface area contributed by atoms with Crippen LogP contribution in [-0.4, -0.2) is 13.1 Å². The van der Waals surface area contributed by atoms with Crippen LogP contribution in [0.5, 0.6) is 0 Å². The second kappa shape index (κ2) is 6.52. The monoisotopic (exact) mass is 303 g/mol. The summed E-state index contributed by atoms with van der Waals surface area (Å²) in [6, 6.07) is 1.97. The quantitative estimate of drug-likeness (QED) is 0.674. The summed E-state index contributed by atoms with van der Waals surface area (Å²) in [5, 5.41) is 0.816. The van der Waals surface area contributed by atoms with Crippen molar-refractivity contribution < 1.29 is 9.53 Å². The van der Waals surface area contributed by atoms with Gasteiger partial charge in [-0.05, 0) is 12.1 Å². The number of carbonyl (C=O) groups excluding carboxylic acids is 1. The lowest BCUT2D eigenvalue weighted by Crippen LogP contribution is -2.23. The summed E-state index contributed by atoms with van der Waals surface area (Å²) < 4.78 is 4.49. The van der Waals surface area contributed by atoms with Crippen molar-refractivity contribution in [2.24, 2.45) is 5.73 Å². The molecular weight excluding hydrogens is 296 g/mol. The Bertz CT molecular complexity index is 397. The molecule has 0 saturated heterocycles. The van der Waals surface area contributed by atoms with E-state index in [1.54, 1.807) is 0 Å². The van der Waals surface area contributed by atoms with Gasteiger partial charge < -0.3 is 10.5 Å². The van der Waals surface area contributed by atoms with E-state index in [0.29, 0.717) is 10.6 Å². The first kappa shape index (κ1) is 15.8. The van der Waals surface area contributed by atoms with E-state index >= 15 is 0 Å². The SMILES string of the molecule is COC(=O)[C@@H](N)c1cc(Cl)cc(Cl)c1Cl.Cl. The number of carbonyl (C=O) groups is 1. The summed E-state index contributed by atoms with van der Waals surface area (Å²) in [6.45, 7) is 0. The molecule has 0 aliphatic heterocycles. The van der Waals surface area contributed by atoms with Gasteiger partial charge in [0, 0.05) is 10.6 Å². The first-order chi connectivity index (χ1) is 6.97. The molecule has 0 unspecified atom stereocenters. The van der Waals surface area contributed by atoms with Gasteiger partial charge in [0.25, 0.3) is 0 Å². The molecule has 0 radical (unpaired) electrons. The van der Waals surface area contributed by atoms with Crippen LogP contribution in [0.25, 0.3) is 0 Å². The van der Waals surface area contributed by atoms with Crippen molar-refractivity contribution in [3.8, 4) is 0 Å². The van der Waals surface area contributed by atoms with Gasteiger partial charge in [0.2, 0.25) is 0 Å². The van der Waals surface area contributed by atoms with Crippen LogP contribution >= 0.6 is 47.2 Å². The molecule has 1 aromatic carbocycles. The lowest BCUT2D eigenvalue weighted by molar-refractivity contribution is -0.142. The normalized spacial score (nSPS) is 11.6. The van der Waals surface area contributed by atoms with E-state index in [1.165, 1.54) is 19.2 Å². The minimum absolute atomic E-state index is 0. The van der Waals surface area contributed by atoms with Crippen LogP contribution in [0.1, 0.15) is 11.6 Å². The molecule has 0 aromatic heterocycles. The summed E-state index contributed by atoms with van der Waals surface area (Å²) in [6.07, 6.45) is 0. The number of halogens is 4. The van der Waals surface area contributed by atoms with Gasteiger partial charge in [-0.25, -0.2) is 0 Å². The van der Waals surface area contributed by atoms with Gasteiger partial charge in [0.15, 0.2) is 0 Å². The molecule has 1 atom stereocenters. The summed E-state index contributed by atoms with van der Waals surface area (Å²) >= 11 is 17.4. The fourth-order valence-electron chi connectivity index (χ4n) is 1.06. The number of hydrogen-bond donors (Lipinski definition) is 1. The molecule has 0 aliphatic carbocycles. The Morgan fingerprint density at radius 3 is 2.44 bits per heavy atom. The Kier molecular flexibility index (Phi) is 6.44. The highest BCUT2D eigenvalue weighted by molar-refractivity contribution is 6.43. The van der Waals surface area contributed by atoms with Crippen LogP contribution in [-0.2, 0) is 9.53 Å². The predicted octanol–water partition coefficient (Wildman–Crippen LogP) is 3.24. The second-order valence-electron chi connectivity index (χ2n) is 2.79. The Morgan fingerprint density at radius 2 is 1.94 bits per heavy atom. The number of esters is 1. The first-order valence-electron chi connectivity index (χ1n) is 3.95. The molecule has 1 rings (SSSR count). The largest absolute Gasteiger partial charge is 0.468 e. The van der Waals surface area contributed by atoms with E-state index in [2.05, 4.69) is 4.74 Å². The number of ether oxygens (including phenoxy) is 1. The maximum absolute atomic E-state index is 11.2. The Morgan fingerprint density at radius 1 is 1.38 bits per heavy atom. The van der Waals surface area contributed by atoms with Crippen molar-refractivity contribution >= 4 is 53.2 Å². The fourth-order valence-corrected chi connectivity index (χ4v) is 1.79. The topological polar surface area (TPSA) is 52.3 Å². The summed E-state index contributed by atoms with van der Waals surface area (Å²) in [4.78, 5) is 11.2. The van der Waals surface area contributed by atoms with Crippen LogP contribution in [0, 0.1) is 0 Å². The molecule has 1 aromatic rings. The van der Waals surface area contributed by atoms with E-state index in [0.717, 1.165) is 0 Å². The van der Waals surface area contributed by atoms with Crippen molar-refractivity contribution in [2.75, 3.05) is 7.11 Å². The summed E-state index contributed by atoms with van der Waals surface area (Å²) in [7, 11) is 1.24. The van der Waals surface area contributed by atoms with Crippen molar-refractivity contribution in [3.05, 3.63) is 32.8 Å². The second-order valence-corrected chi connectivity index (χ2v) is 4.01. The highest BCUT2D eigenvalue weighted by Gasteiger charge is 2.21. The molecule has 0 spiro atoms. The van der Waals surface area contributed by atoms with E-state index in [9.17, 15) is 4.79 Å². The van der Waals surface area contributed by atoms with Crippen LogP contribution in [0.2, 0.25) is 15.1 Å². The smallest absolute Gasteiger partial charge is 0.327 e. The van der Waals surface area contributed by atoms with Crippen molar-refractivity contribution in [1.82, 2.24) is 0 Å². The molecule has 0 bridgehead atoms. The number of rotatable bonds is 2. The molecule has 0 heterocycles. The zero-order chi connectivity index (χ0) is 11.6. The molecule has 90 valence electrons. The first-order valence-corrected chi connectivity index (χ1v) is 5.08. The van der Waals surface area contributed by atoms with Gasteiger partial charge in [-0.2, -0.15) is 0 Å². The fraction of sp³-hybridized carbons (Fsp3) is 0.222. The lowest BCUT2D eigenvalue weighted by atomic mass is 10.1. The lowest BCUT2D eigenvalue weighted by Gasteiger charge is -2.12. The molecule has 7 heteroatoms. The van der Waals surface area contributed by atoms with Crippen molar-refractivity contribution in [2.45, 2.75) is 6.04 Å². The average Bonchev–Trinajstić information content (AvgIpc) is 2.21. The van der Waals surface area contributed by atoms with Crippen LogP contribution in [0.4, 0.5) is 0 Å². The number of methoxy groups -OCH3 is 1. The molecule has 0 amide bonds. The van der Waals surface area contributed by atoms with E-state index < -0.39 is 12.0 Å². The molecule has 0 saturated carbocycles. The Hall–Kier alpha value is -0.190. The van der Waals surface area contributed by atoms with Gasteiger partial charge >= 0.3 is 5.97 Å². The predicted molar refractivity (Wildman–Crippen MR) is 67.7 cm³/mol. The molecule has 2 N–H and O–H groups in total. The van der Waals surface area contributed by atoms with Gasteiger partial charge in [-0.15, -0.1) is 12.4 Å². The third-order valence-corrected chi connectivity index (χ3v) is 2.85. The molecule has 3 nitrogen and oxygen atoms in total. The van der Waals surface area contributed by atoms with Crippen molar-refractivity contribution in [1.29, 1.82) is 0 Å². The summed E-state index contributed by atoms with van der Waals surface area (Å²) in [5.74, 6) is -0.602. The van der Waals surface area contributed by atoms with E-state index in [1.807, 2.05) is 0 Å². The number of hydrogen-bond acceptors (Lipinski definition) is 3. The molecular formula is C9H9Cl4NO2. The van der Waals surface area contributed by atoms with Gasteiger partial charge in [-0.3, -0.25) is 4.79 Å². The maximum atomic E-state index is 11.2. The summed E-state index contributed by atoms with van der Waals surface area (Å²) in [5.41, 5.74) is 5.96. The zero-order valence-corrected chi connectivity index (χ0v) is 11.3. The van der Waals surface area contributed by atoms with E-state index in [-0.39, 0.29) is 22.5 Å². The Labute approximate surface area is 114 Å². The minimum Gasteiger partial charge on any atom is -0.468 e. The van der Waals surface area contributed by atoms with Gasteiger partial charge in [0.05, 0.1) is 17.2 Å². The molecule has 0 aliphatic rings. The highest BCUT2D eigenvalue weighted by atomic mass is 35.5. The average molecular weight is 305 g/mol. The van der Waals surface area contributed by atoms with Crippen LogP contribution in [0.15, 0.2) is 12.1 Å². The van der Waals surface area contributed by atoms with Crippen LogP contribution < -0.4 is 5.73 Å². The molecule has 0 fully saturated rings. The standard InChI is InChI=1S/C9H8Cl3NO2.ClH/c1-15-9(14)8(13)5-2-4(10)3-6(11)7(5)12;/h2-3,8H,13H2,1H3;1H/t8-;/m0./s1. The van der Waals surface area contributed by atoms with Gasteiger partial charge in [0.1, 0.15) is 6.04 Å². The van der Waals surface area contributed by atoms with Gasteiger partial charge in [-0.1, -0.05) is 34.8 Å². The number of nitrogens with two attached hydrogens (primary N) is 1. The third kappa shape index (κ3) is 3.40.